The number of halogens is 1. The Balaban J connectivity index is 0.00000242. The maximum Gasteiger partial charge on any atom is 0.351 e. The molecule has 0 aliphatic carbocycles. The zero-order valence-corrected chi connectivity index (χ0v) is 13.3. The molecule has 1 aromatic heterocycles. The van der Waals surface area contributed by atoms with Crippen molar-refractivity contribution in [3.05, 3.63) is 45.8 Å². The SMILES string of the molecule is CCCCCOC(=O)c1cc2cc(CN)ccc2oc1=O.Cl. The molecule has 2 rings (SSSR count). The van der Waals surface area contributed by atoms with Crippen LogP contribution in [0.5, 0.6) is 0 Å². The molecule has 0 radical (unpaired) electrons. The molecule has 0 saturated carbocycles. The van der Waals surface area contributed by atoms with E-state index in [0.717, 1.165) is 24.8 Å². The van der Waals surface area contributed by atoms with Crippen LogP contribution in [0.4, 0.5) is 0 Å². The van der Waals surface area contributed by atoms with Crippen LogP contribution >= 0.6 is 12.4 Å². The van der Waals surface area contributed by atoms with Crippen LogP contribution in [0.15, 0.2) is 33.5 Å². The van der Waals surface area contributed by atoms with Gasteiger partial charge in [0.15, 0.2) is 0 Å². The van der Waals surface area contributed by atoms with Crippen LogP contribution in [0.2, 0.25) is 0 Å². The highest BCUT2D eigenvalue weighted by Crippen LogP contribution is 2.16. The molecule has 0 aliphatic rings. The molecule has 1 heterocycles. The minimum atomic E-state index is -0.677. The fraction of sp³-hybridized carbons (Fsp3) is 0.375. The summed E-state index contributed by atoms with van der Waals surface area (Å²) in [6, 6.07) is 6.76. The van der Waals surface area contributed by atoms with Crippen molar-refractivity contribution in [2.24, 2.45) is 5.73 Å². The number of esters is 1. The Morgan fingerprint density at radius 1 is 1.27 bits per heavy atom. The summed E-state index contributed by atoms with van der Waals surface area (Å²) in [5.41, 5.74) is 6.16. The van der Waals surface area contributed by atoms with E-state index in [9.17, 15) is 9.59 Å². The van der Waals surface area contributed by atoms with E-state index in [1.54, 1.807) is 18.2 Å². The first-order valence-corrected chi connectivity index (χ1v) is 7.09. The number of hydrogen-bond acceptors (Lipinski definition) is 5. The molecule has 22 heavy (non-hydrogen) atoms. The lowest BCUT2D eigenvalue weighted by molar-refractivity contribution is 0.0493. The Labute approximate surface area is 134 Å². The van der Waals surface area contributed by atoms with Gasteiger partial charge in [0.05, 0.1) is 6.61 Å². The van der Waals surface area contributed by atoms with Crippen molar-refractivity contribution < 1.29 is 13.9 Å². The summed E-state index contributed by atoms with van der Waals surface area (Å²) >= 11 is 0. The lowest BCUT2D eigenvalue weighted by Crippen LogP contribution is -2.17. The Kier molecular flexibility index (Phi) is 7.08. The molecule has 0 unspecified atom stereocenters. The average Bonchev–Trinajstić information content (AvgIpc) is 2.50. The normalized spacial score (nSPS) is 10.3. The fourth-order valence-electron chi connectivity index (χ4n) is 2.04. The Hall–Kier alpha value is -1.85. The zero-order chi connectivity index (χ0) is 15.2. The van der Waals surface area contributed by atoms with E-state index in [2.05, 4.69) is 6.92 Å². The summed E-state index contributed by atoms with van der Waals surface area (Å²) in [5.74, 6) is -0.639. The Morgan fingerprint density at radius 3 is 2.73 bits per heavy atom. The van der Waals surface area contributed by atoms with Crippen LogP contribution < -0.4 is 11.4 Å². The van der Waals surface area contributed by atoms with Crippen molar-refractivity contribution in [2.45, 2.75) is 32.7 Å². The van der Waals surface area contributed by atoms with Crippen molar-refractivity contribution >= 4 is 29.3 Å². The summed E-state index contributed by atoms with van der Waals surface area (Å²) in [5, 5.41) is 0.665. The Bertz CT molecular complexity index is 696. The van der Waals surface area contributed by atoms with Gasteiger partial charge in [-0.15, -0.1) is 12.4 Å². The third-order valence-electron chi connectivity index (χ3n) is 3.23. The van der Waals surface area contributed by atoms with E-state index in [1.807, 2.05) is 0 Å². The highest BCUT2D eigenvalue weighted by Gasteiger charge is 2.15. The second-order valence-corrected chi connectivity index (χ2v) is 4.87. The predicted octanol–water partition coefficient (Wildman–Crippen LogP) is 3.02. The van der Waals surface area contributed by atoms with Crippen molar-refractivity contribution in [3.63, 3.8) is 0 Å². The first-order valence-electron chi connectivity index (χ1n) is 7.09. The first kappa shape index (κ1) is 18.2. The van der Waals surface area contributed by atoms with Crippen LogP contribution in [0.25, 0.3) is 11.0 Å². The van der Waals surface area contributed by atoms with E-state index in [4.69, 9.17) is 14.9 Å². The molecule has 0 bridgehead atoms. The molecule has 0 saturated heterocycles. The van der Waals surface area contributed by atoms with E-state index in [1.165, 1.54) is 6.07 Å². The Morgan fingerprint density at radius 2 is 2.05 bits per heavy atom. The lowest BCUT2D eigenvalue weighted by atomic mass is 10.1. The van der Waals surface area contributed by atoms with Gasteiger partial charge in [-0.1, -0.05) is 25.8 Å². The summed E-state index contributed by atoms with van der Waals surface area (Å²) < 4.78 is 10.2. The number of unbranched alkanes of at least 4 members (excludes halogenated alkanes) is 2. The number of fused-ring (bicyclic) bond motifs is 1. The van der Waals surface area contributed by atoms with Gasteiger partial charge in [0.2, 0.25) is 0 Å². The number of rotatable bonds is 6. The van der Waals surface area contributed by atoms with E-state index in [-0.39, 0.29) is 18.0 Å². The van der Waals surface area contributed by atoms with Crippen molar-refractivity contribution in [2.75, 3.05) is 6.61 Å². The van der Waals surface area contributed by atoms with E-state index in [0.29, 0.717) is 24.1 Å². The molecule has 2 aromatic rings. The molecule has 0 fully saturated rings. The minimum Gasteiger partial charge on any atom is -0.462 e. The molecular formula is C16H20ClNO4. The van der Waals surface area contributed by atoms with Gasteiger partial charge in [0.1, 0.15) is 11.1 Å². The van der Waals surface area contributed by atoms with E-state index < -0.39 is 11.6 Å². The van der Waals surface area contributed by atoms with Gasteiger partial charge >= 0.3 is 11.6 Å². The number of hydrogen-bond donors (Lipinski definition) is 1. The number of benzene rings is 1. The molecule has 6 heteroatoms. The summed E-state index contributed by atoms with van der Waals surface area (Å²) in [4.78, 5) is 23.7. The van der Waals surface area contributed by atoms with Gasteiger partial charge in [-0.25, -0.2) is 9.59 Å². The second kappa shape index (κ2) is 8.56. The smallest absolute Gasteiger partial charge is 0.351 e. The van der Waals surface area contributed by atoms with Gasteiger partial charge in [0.25, 0.3) is 0 Å². The van der Waals surface area contributed by atoms with Gasteiger partial charge in [-0.2, -0.15) is 0 Å². The largest absolute Gasteiger partial charge is 0.462 e. The molecule has 0 atom stereocenters. The van der Waals surface area contributed by atoms with Gasteiger partial charge < -0.3 is 14.9 Å². The number of carbonyl (C=O) groups is 1. The molecular weight excluding hydrogens is 306 g/mol. The van der Waals surface area contributed by atoms with Gasteiger partial charge in [-0.3, -0.25) is 0 Å². The number of ether oxygens (including phenoxy) is 1. The molecule has 120 valence electrons. The first-order chi connectivity index (χ1) is 10.2. The number of carbonyl (C=O) groups excluding carboxylic acids is 1. The monoisotopic (exact) mass is 325 g/mol. The van der Waals surface area contributed by atoms with Gasteiger partial charge in [-0.05, 0) is 30.2 Å². The van der Waals surface area contributed by atoms with Crippen molar-refractivity contribution in [1.29, 1.82) is 0 Å². The number of nitrogens with two attached hydrogens (primary N) is 1. The molecule has 1 aromatic carbocycles. The van der Waals surface area contributed by atoms with Crippen LogP contribution in [0.1, 0.15) is 42.1 Å². The van der Waals surface area contributed by atoms with Crippen LogP contribution in [-0.4, -0.2) is 12.6 Å². The lowest BCUT2D eigenvalue weighted by Gasteiger charge is -2.05. The van der Waals surface area contributed by atoms with Crippen molar-refractivity contribution in [3.8, 4) is 0 Å². The molecule has 5 nitrogen and oxygen atoms in total. The average molecular weight is 326 g/mol. The fourth-order valence-corrected chi connectivity index (χ4v) is 2.04. The quantitative estimate of drug-likeness (QED) is 0.501. The van der Waals surface area contributed by atoms with Crippen molar-refractivity contribution in [1.82, 2.24) is 0 Å². The summed E-state index contributed by atoms with van der Waals surface area (Å²) in [6.07, 6.45) is 2.81. The minimum absolute atomic E-state index is 0. The van der Waals surface area contributed by atoms with E-state index >= 15 is 0 Å². The summed E-state index contributed by atoms with van der Waals surface area (Å²) in [6.45, 7) is 2.76. The highest BCUT2D eigenvalue weighted by atomic mass is 35.5. The molecule has 0 amide bonds. The van der Waals surface area contributed by atoms with Gasteiger partial charge in [0, 0.05) is 11.9 Å². The topological polar surface area (TPSA) is 82.5 Å². The third kappa shape index (κ3) is 4.32. The zero-order valence-electron chi connectivity index (χ0n) is 12.5. The predicted molar refractivity (Wildman–Crippen MR) is 87.4 cm³/mol. The molecule has 0 spiro atoms. The maximum atomic E-state index is 11.9. The second-order valence-electron chi connectivity index (χ2n) is 4.87. The molecule has 0 aliphatic heterocycles. The summed E-state index contributed by atoms with van der Waals surface area (Å²) in [7, 11) is 0. The standard InChI is InChI=1S/C16H19NO4.ClH/c1-2-3-4-7-20-15(18)13-9-12-8-11(10-17)5-6-14(12)21-16(13)19;/h5-6,8-9H,2-4,7,10,17H2,1H3;1H. The molecule has 2 N–H and O–H groups in total. The van der Waals surface area contributed by atoms with Crippen LogP contribution in [0.3, 0.4) is 0 Å². The maximum absolute atomic E-state index is 11.9. The van der Waals surface area contributed by atoms with Crippen LogP contribution in [0, 0.1) is 0 Å². The third-order valence-corrected chi connectivity index (χ3v) is 3.23. The van der Waals surface area contributed by atoms with Crippen LogP contribution in [-0.2, 0) is 11.3 Å². The highest BCUT2D eigenvalue weighted by molar-refractivity contribution is 5.92.